The molecule has 0 aromatic heterocycles. The van der Waals surface area contributed by atoms with E-state index in [1.807, 2.05) is 12.1 Å². The van der Waals surface area contributed by atoms with Crippen molar-refractivity contribution in [1.82, 2.24) is 5.32 Å². The Hall–Kier alpha value is -4.29. The van der Waals surface area contributed by atoms with Crippen molar-refractivity contribution < 1.29 is 4.74 Å². The van der Waals surface area contributed by atoms with Gasteiger partial charge >= 0.3 is 0 Å². The quantitative estimate of drug-likeness (QED) is 0.199. The summed E-state index contributed by atoms with van der Waals surface area (Å²) < 4.78 is 6.36. The van der Waals surface area contributed by atoms with Gasteiger partial charge in [0.2, 0.25) is 0 Å². The first kappa shape index (κ1) is 28.7. The maximum atomic E-state index is 9.27. The van der Waals surface area contributed by atoms with E-state index in [1.54, 1.807) is 0 Å². The van der Waals surface area contributed by atoms with Crippen LogP contribution in [0.4, 0.5) is 0 Å². The Bertz CT molecular complexity index is 1460. The van der Waals surface area contributed by atoms with Crippen molar-refractivity contribution >= 4 is 5.70 Å². The minimum Gasteiger partial charge on any atom is -0.489 e. The minimum atomic E-state index is 0.136. The van der Waals surface area contributed by atoms with Crippen LogP contribution in [0, 0.1) is 31.1 Å². The molecular formula is C37H40N2O. The van der Waals surface area contributed by atoms with Crippen molar-refractivity contribution in [1.29, 1.82) is 5.26 Å². The van der Waals surface area contributed by atoms with Gasteiger partial charge in [-0.15, -0.1) is 0 Å². The largest absolute Gasteiger partial charge is 0.489 e. The van der Waals surface area contributed by atoms with E-state index in [1.165, 1.54) is 27.8 Å². The molecule has 1 N–H and O–H groups in total. The van der Waals surface area contributed by atoms with Crippen LogP contribution in [0.2, 0.25) is 0 Å². The van der Waals surface area contributed by atoms with E-state index in [2.05, 4.69) is 125 Å². The molecule has 4 aromatic rings. The van der Waals surface area contributed by atoms with E-state index in [9.17, 15) is 5.26 Å². The molecule has 0 aliphatic rings. The molecule has 0 bridgehead atoms. The average molecular weight is 529 g/mol. The molecule has 204 valence electrons. The summed E-state index contributed by atoms with van der Waals surface area (Å²) in [5.41, 5.74) is 10.2. The third kappa shape index (κ3) is 7.64. The second kappa shape index (κ2) is 13.7. The molecule has 1 atom stereocenters. The van der Waals surface area contributed by atoms with Crippen molar-refractivity contribution in [2.75, 3.05) is 0 Å². The number of hydrogen-bond acceptors (Lipinski definition) is 3. The Morgan fingerprint density at radius 1 is 0.875 bits per heavy atom. The zero-order valence-corrected chi connectivity index (χ0v) is 24.2. The molecule has 0 fully saturated rings. The second-order valence-electron chi connectivity index (χ2n) is 11.0. The van der Waals surface area contributed by atoms with Gasteiger partial charge in [-0.05, 0) is 72.6 Å². The average Bonchev–Trinajstić information content (AvgIpc) is 2.94. The molecule has 0 saturated carbocycles. The lowest BCUT2D eigenvalue weighted by Gasteiger charge is -2.25. The van der Waals surface area contributed by atoms with E-state index < -0.39 is 0 Å². The van der Waals surface area contributed by atoms with Gasteiger partial charge in [0.25, 0.3) is 0 Å². The summed E-state index contributed by atoms with van der Waals surface area (Å²) in [4.78, 5) is 0. The molecule has 0 saturated heterocycles. The predicted molar refractivity (Wildman–Crippen MR) is 167 cm³/mol. The SMILES string of the molecule is C=C(NC(CC(C)C)c1cc(C)cc(C)c1)c1cc(OCc2ccccc2-c2ccccc2)ccc1CCC#N. The first-order valence-corrected chi connectivity index (χ1v) is 14.1. The van der Waals surface area contributed by atoms with Gasteiger partial charge in [-0.25, -0.2) is 0 Å². The number of ether oxygens (including phenoxy) is 1. The van der Waals surface area contributed by atoms with Crippen molar-refractivity contribution in [2.45, 2.75) is 59.6 Å². The summed E-state index contributed by atoms with van der Waals surface area (Å²) in [6.07, 6.45) is 2.11. The third-order valence-corrected chi connectivity index (χ3v) is 7.11. The molecule has 0 spiro atoms. The molecule has 4 rings (SSSR count). The number of nitrogens with zero attached hydrogens (tertiary/aromatic N) is 1. The highest BCUT2D eigenvalue weighted by Crippen LogP contribution is 2.31. The number of rotatable bonds is 12. The normalized spacial score (nSPS) is 11.6. The van der Waals surface area contributed by atoms with Gasteiger partial charge in [0.05, 0.1) is 12.1 Å². The van der Waals surface area contributed by atoms with Crippen LogP contribution in [0.3, 0.4) is 0 Å². The monoisotopic (exact) mass is 528 g/mol. The maximum Gasteiger partial charge on any atom is 0.120 e. The highest BCUT2D eigenvalue weighted by molar-refractivity contribution is 5.68. The summed E-state index contributed by atoms with van der Waals surface area (Å²) in [7, 11) is 0. The molecule has 4 aromatic carbocycles. The summed E-state index contributed by atoms with van der Waals surface area (Å²) in [5, 5.41) is 13.0. The van der Waals surface area contributed by atoms with Crippen LogP contribution in [0.5, 0.6) is 5.75 Å². The molecule has 40 heavy (non-hydrogen) atoms. The van der Waals surface area contributed by atoms with E-state index in [-0.39, 0.29) is 6.04 Å². The lowest BCUT2D eigenvalue weighted by molar-refractivity contribution is 0.306. The van der Waals surface area contributed by atoms with Crippen LogP contribution >= 0.6 is 0 Å². The van der Waals surface area contributed by atoms with Gasteiger partial charge in [0.1, 0.15) is 12.4 Å². The minimum absolute atomic E-state index is 0.136. The van der Waals surface area contributed by atoms with E-state index in [0.717, 1.165) is 34.6 Å². The Morgan fingerprint density at radius 2 is 1.57 bits per heavy atom. The Kier molecular flexibility index (Phi) is 9.81. The van der Waals surface area contributed by atoms with Gasteiger partial charge in [0.15, 0.2) is 0 Å². The first-order chi connectivity index (χ1) is 19.3. The highest BCUT2D eigenvalue weighted by atomic mass is 16.5. The van der Waals surface area contributed by atoms with E-state index in [4.69, 9.17) is 4.74 Å². The van der Waals surface area contributed by atoms with Crippen LogP contribution in [-0.4, -0.2) is 0 Å². The van der Waals surface area contributed by atoms with Gasteiger partial charge in [-0.3, -0.25) is 0 Å². The fourth-order valence-corrected chi connectivity index (χ4v) is 5.29. The fraction of sp³-hybridized carbons (Fsp3) is 0.270. The first-order valence-electron chi connectivity index (χ1n) is 14.1. The van der Waals surface area contributed by atoms with Crippen LogP contribution in [0.15, 0.2) is 97.6 Å². The number of hydrogen-bond donors (Lipinski definition) is 1. The number of benzene rings is 4. The summed E-state index contributed by atoms with van der Waals surface area (Å²) >= 11 is 0. The second-order valence-corrected chi connectivity index (χ2v) is 11.0. The van der Waals surface area contributed by atoms with Crippen LogP contribution in [-0.2, 0) is 13.0 Å². The van der Waals surface area contributed by atoms with Crippen molar-refractivity contribution in [2.24, 2.45) is 5.92 Å². The van der Waals surface area contributed by atoms with Gasteiger partial charge in [-0.2, -0.15) is 5.26 Å². The highest BCUT2D eigenvalue weighted by Gasteiger charge is 2.18. The van der Waals surface area contributed by atoms with E-state index >= 15 is 0 Å². The molecule has 0 amide bonds. The summed E-state index contributed by atoms with van der Waals surface area (Å²) in [6.45, 7) is 13.7. The standard InChI is InChI=1S/C37H40N2O/c1-26(2)20-37(33-22-27(3)21-28(4)23-33)39-29(5)36-24-34(18-17-31(36)15-11-19-38)40-25-32-14-9-10-16-35(32)30-12-7-6-8-13-30/h6-10,12-14,16-18,21-24,26,37,39H,5,11,15,20,25H2,1-4H3. The molecule has 0 radical (unpaired) electrons. The van der Waals surface area contributed by atoms with Crippen LogP contribution < -0.4 is 10.1 Å². The number of aryl methyl sites for hydroxylation is 3. The van der Waals surface area contributed by atoms with Crippen LogP contribution in [0.25, 0.3) is 16.8 Å². The Balaban J connectivity index is 1.60. The number of nitriles is 1. The Labute approximate surface area is 240 Å². The summed E-state index contributed by atoms with van der Waals surface area (Å²) in [5.74, 6) is 1.30. The maximum absolute atomic E-state index is 9.27. The molecular weight excluding hydrogens is 488 g/mol. The lowest BCUT2D eigenvalue weighted by atomic mass is 9.93. The topological polar surface area (TPSA) is 45.0 Å². The van der Waals surface area contributed by atoms with E-state index in [0.29, 0.717) is 25.4 Å². The molecule has 3 nitrogen and oxygen atoms in total. The molecule has 0 aliphatic heterocycles. The zero-order valence-electron chi connectivity index (χ0n) is 24.2. The van der Waals surface area contributed by atoms with Crippen molar-refractivity contribution in [3.63, 3.8) is 0 Å². The molecule has 0 heterocycles. The molecule has 3 heteroatoms. The third-order valence-electron chi connectivity index (χ3n) is 7.11. The van der Waals surface area contributed by atoms with Crippen molar-refractivity contribution in [3.8, 4) is 22.9 Å². The molecule has 1 unspecified atom stereocenters. The lowest BCUT2D eigenvalue weighted by Crippen LogP contribution is -2.22. The van der Waals surface area contributed by atoms with Crippen molar-refractivity contribution in [3.05, 3.63) is 131 Å². The van der Waals surface area contributed by atoms with Crippen LogP contribution in [0.1, 0.15) is 66.1 Å². The fourth-order valence-electron chi connectivity index (χ4n) is 5.29. The zero-order chi connectivity index (χ0) is 28.5. The molecule has 0 aliphatic carbocycles. The Morgan fingerprint density at radius 3 is 2.27 bits per heavy atom. The van der Waals surface area contributed by atoms with Gasteiger partial charge in [-0.1, -0.05) is 110 Å². The number of nitrogens with one attached hydrogen (secondary N) is 1. The van der Waals surface area contributed by atoms with Gasteiger partial charge < -0.3 is 10.1 Å². The predicted octanol–water partition coefficient (Wildman–Crippen LogP) is 9.35. The smallest absolute Gasteiger partial charge is 0.120 e. The summed E-state index contributed by atoms with van der Waals surface area (Å²) in [6, 6.07) is 34.1. The van der Waals surface area contributed by atoms with Gasteiger partial charge in [0, 0.05) is 17.7 Å².